The minimum atomic E-state index is -0.102. The number of thiophene rings is 1. The lowest BCUT2D eigenvalue weighted by Crippen LogP contribution is -2.37. The molecule has 224 valence electrons. The number of nitrogens with one attached hydrogen (secondary N) is 1. The number of furan rings is 1. The van der Waals surface area contributed by atoms with Crippen molar-refractivity contribution in [2.24, 2.45) is 0 Å². The van der Waals surface area contributed by atoms with Crippen molar-refractivity contribution in [3.05, 3.63) is 127 Å². The Labute approximate surface area is 280 Å². The lowest BCUT2D eigenvalue weighted by atomic mass is 9.59. The Bertz CT molecular complexity index is 3080. The summed E-state index contributed by atoms with van der Waals surface area (Å²) in [5.74, 6) is 0. The molecule has 0 fully saturated rings. The fourth-order valence-electron chi connectivity index (χ4n) is 9.26. The van der Waals surface area contributed by atoms with Crippen LogP contribution >= 0.6 is 11.3 Å². The molecular formula is C43H27BN2OS. The quantitative estimate of drug-likeness (QED) is 0.180. The van der Waals surface area contributed by atoms with E-state index in [9.17, 15) is 0 Å². The number of hydrogen-bond acceptors (Lipinski definition) is 2. The Morgan fingerprint density at radius 2 is 1.46 bits per heavy atom. The summed E-state index contributed by atoms with van der Waals surface area (Å²) in [4.78, 5) is 5.31. The molecular weight excluding hydrogens is 603 g/mol. The zero-order valence-electron chi connectivity index (χ0n) is 26.4. The van der Waals surface area contributed by atoms with Gasteiger partial charge in [0.05, 0.1) is 11.2 Å². The molecule has 0 bridgehead atoms. The Hall–Kier alpha value is -5.52. The van der Waals surface area contributed by atoms with Gasteiger partial charge in [0.2, 0.25) is 0 Å². The first kappa shape index (κ1) is 25.6. The first-order valence-corrected chi connectivity index (χ1v) is 17.6. The summed E-state index contributed by atoms with van der Waals surface area (Å²) >= 11 is 1.89. The van der Waals surface area contributed by atoms with Crippen molar-refractivity contribution in [2.45, 2.75) is 19.3 Å². The van der Waals surface area contributed by atoms with Crippen LogP contribution in [0, 0.1) is 0 Å². The minimum absolute atomic E-state index is 0.102. The molecule has 3 nitrogen and oxygen atoms in total. The second-order valence-electron chi connectivity index (χ2n) is 14.1. The zero-order chi connectivity index (χ0) is 31.5. The molecule has 0 saturated heterocycles. The van der Waals surface area contributed by atoms with E-state index in [2.05, 4.69) is 139 Å². The number of para-hydroxylation sites is 3. The Kier molecular flexibility index (Phi) is 4.52. The fourth-order valence-corrected chi connectivity index (χ4v) is 10.5. The van der Waals surface area contributed by atoms with Gasteiger partial charge < -0.3 is 9.40 Å². The predicted octanol–water partition coefficient (Wildman–Crippen LogP) is 10.1. The van der Waals surface area contributed by atoms with Crippen molar-refractivity contribution in [2.75, 3.05) is 0 Å². The van der Waals surface area contributed by atoms with Gasteiger partial charge in [-0.25, -0.2) is 0 Å². The van der Waals surface area contributed by atoms with E-state index in [-0.39, 0.29) is 5.41 Å². The molecule has 0 atom stereocenters. The third-order valence-electron chi connectivity index (χ3n) is 11.4. The zero-order valence-corrected chi connectivity index (χ0v) is 27.3. The van der Waals surface area contributed by atoms with E-state index in [1.807, 2.05) is 11.3 Å². The van der Waals surface area contributed by atoms with Crippen LogP contribution < -0.4 is 10.9 Å². The molecule has 10 aromatic rings. The number of benzene rings is 6. The van der Waals surface area contributed by atoms with E-state index >= 15 is 0 Å². The average molecular weight is 631 g/mol. The molecule has 0 saturated carbocycles. The number of hydrogen-bond donors (Lipinski definition) is 1. The summed E-state index contributed by atoms with van der Waals surface area (Å²) in [5.41, 5.74) is 16.1. The Morgan fingerprint density at radius 1 is 0.708 bits per heavy atom. The van der Waals surface area contributed by atoms with Crippen LogP contribution in [0.25, 0.3) is 92.0 Å². The Morgan fingerprint density at radius 3 is 2.40 bits per heavy atom. The second kappa shape index (κ2) is 8.49. The number of fused-ring (bicyclic) bond motifs is 16. The number of aromatic amines is 1. The van der Waals surface area contributed by atoms with E-state index in [4.69, 9.17) is 4.42 Å². The van der Waals surface area contributed by atoms with Gasteiger partial charge in [-0.15, -0.1) is 11.3 Å². The van der Waals surface area contributed by atoms with Gasteiger partial charge in [-0.05, 0) is 40.4 Å². The van der Waals surface area contributed by atoms with Crippen molar-refractivity contribution in [3.63, 3.8) is 0 Å². The predicted molar refractivity (Wildman–Crippen MR) is 205 cm³/mol. The standard InChI is InChI=1S/C43H27BN2OS/c1-43(2)30-17-6-3-12-24(30)34-26-15-9-14-23(37(26)45-41(34)43)28-21-29-22-11-4-7-19-32(22)47-40(29)39-36(28)44-31-18-10-16-27-35-25-13-5-8-20-33(25)48-42(35)46(39)38(27)31/h3-21,44-45H,1-2H3. The summed E-state index contributed by atoms with van der Waals surface area (Å²) < 4.78 is 10.7. The van der Waals surface area contributed by atoms with Crippen molar-refractivity contribution < 1.29 is 4.42 Å². The molecule has 5 heteroatoms. The second-order valence-corrected chi connectivity index (χ2v) is 15.1. The maximum absolute atomic E-state index is 6.86. The molecule has 0 spiro atoms. The molecule has 12 rings (SSSR count). The molecule has 1 aliphatic carbocycles. The molecule has 48 heavy (non-hydrogen) atoms. The highest BCUT2D eigenvalue weighted by atomic mass is 32.1. The number of aromatic nitrogens is 2. The van der Waals surface area contributed by atoms with Gasteiger partial charge in [0.1, 0.15) is 10.4 Å². The van der Waals surface area contributed by atoms with Crippen LogP contribution in [0.2, 0.25) is 0 Å². The number of rotatable bonds is 1. The van der Waals surface area contributed by atoms with Crippen LogP contribution in [0.4, 0.5) is 0 Å². The highest BCUT2D eigenvalue weighted by Gasteiger charge is 2.39. The maximum Gasteiger partial charge on any atom is 0.198 e. The lowest BCUT2D eigenvalue weighted by Gasteiger charge is -2.24. The van der Waals surface area contributed by atoms with Crippen LogP contribution in [0.1, 0.15) is 25.1 Å². The van der Waals surface area contributed by atoms with Crippen molar-refractivity contribution >= 4 is 93.6 Å². The average Bonchev–Trinajstić information content (AvgIpc) is 3.90. The summed E-state index contributed by atoms with van der Waals surface area (Å²) in [7, 11) is 0.843. The highest BCUT2D eigenvalue weighted by molar-refractivity contribution is 7.25. The summed E-state index contributed by atoms with van der Waals surface area (Å²) in [6.45, 7) is 4.70. The molecule has 2 aliphatic rings. The van der Waals surface area contributed by atoms with Crippen LogP contribution in [0.15, 0.2) is 120 Å². The van der Waals surface area contributed by atoms with Crippen LogP contribution in [-0.4, -0.2) is 16.8 Å². The van der Waals surface area contributed by atoms with E-state index in [1.165, 1.54) is 92.2 Å². The van der Waals surface area contributed by atoms with Crippen molar-refractivity contribution in [1.29, 1.82) is 0 Å². The Balaban J connectivity index is 1.26. The largest absolute Gasteiger partial charge is 0.454 e. The van der Waals surface area contributed by atoms with E-state index < -0.39 is 0 Å². The normalized spacial score (nSPS) is 14.4. The summed E-state index contributed by atoms with van der Waals surface area (Å²) in [6.07, 6.45) is 0. The minimum Gasteiger partial charge on any atom is -0.454 e. The number of nitrogens with zero attached hydrogens (tertiary/aromatic N) is 1. The highest BCUT2D eigenvalue weighted by Crippen LogP contribution is 2.53. The van der Waals surface area contributed by atoms with Crippen LogP contribution in [-0.2, 0) is 5.41 Å². The SMILES string of the molecule is CC1(C)c2ccccc2-c2c1[nH]c1c(-c3cc4c(oc5ccccc54)c4c3Bc3cccc5c6c7ccccc7sc6n-4c35)cccc21. The molecule has 5 heterocycles. The van der Waals surface area contributed by atoms with Gasteiger partial charge >= 0.3 is 0 Å². The molecule has 0 unspecified atom stereocenters. The van der Waals surface area contributed by atoms with Gasteiger partial charge in [-0.2, -0.15) is 0 Å². The van der Waals surface area contributed by atoms with Gasteiger partial charge in [-0.1, -0.05) is 116 Å². The van der Waals surface area contributed by atoms with Gasteiger partial charge in [0.25, 0.3) is 0 Å². The number of H-pyrrole nitrogens is 1. The van der Waals surface area contributed by atoms with Crippen LogP contribution in [0.3, 0.4) is 0 Å². The molecule has 0 radical (unpaired) electrons. The topological polar surface area (TPSA) is 33.9 Å². The van der Waals surface area contributed by atoms with Crippen molar-refractivity contribution in [3.8, 4) is 27.9 Å². The lowest BCUT2D eigenvalue weighted by molar-refractivity contribution is 0.642. The van der Waals surface area contributed by atoms with Gasteiger partial charge in [0.15, 0.2) is 12.9 Å². The molecule has 1 N–H and O–H groups in total. The van der Waals surface area contributed by atoms with Gasteiger partial charge in [-0.3, -0.25) is 4.57 Å². The monoisotopic (exact) mass is 630 g/mol. The molecule has 0 amide bonds. The summed E-state index contributed by atoms with van der Waals surface area (Å²) in [5, 5.41) is 7.60. The van der Waals surface area contributed by atoms with Crippen molar-refractivity contribution in [1.82, 2.24) is 9.55 Å². The molecule has 4 aromatic heterocycles. The first-order chi connectivity index (χ1) is 23.6. The summed E-state index contributed by atoms with van der Waals surface area (Å²) in [6, 6.07) is 42.4. The molecule has 6 aromatic carbocycles. The van der Waals surface area contributed by atoms with E-state index in [1.54, 1.807) is 0 Å². The van der Waals surface area contributed by atoms with E-state index in [0.29, 0.717) is 0 Å². The van der Waals surface area contributed by atoms with Crippen LogP contribution in [0.5, 0.6) is 0 Å². The third-order valence-corrected chi connectivity index (χ3v) is 12.5. The smallest absolute Gasteiger partial charge is 0.198 e. The first-order valence-electron chi connectivity index (χ1n) is 16.7. The van der Waals surface area contributed by atoms with Gasteiger partial charge in [0, 0.05) is 64.8 Å². The molecule has 1 aliphatic heterocycles. The third kappa shape index (κ3) is 2.90. The fraction of sp³-hybridized carbons (Fsp3) is 0.0698. The maximum atomic E-state index is 6.86. The van der Waals surface area contributed by atoms with E-state index in [0.717, 1.165) is 29.2 Å².